The van der Waals surface area contributed by atoms with E-state index in [9.17, 15) is 5.11 Å². The fourth-order valence-corrected chi connectivity index (χ4v) is 1.24. The van der Waals surface area contributed by atoms with Crippen LogP contribution in [0.2, 0.25) is 0 Å². The second-order valence-corrected chi connectivity index (χ2v) is 2.64. The van der Waals surface area contributed by atoms with E-state index in [0.717, 1.165) is 0 Å². The summed E-state index contributed by atoms with van der Waals surface area (Å²) in [5.41, 5.74) is 0. The van der Waals surface area contributed by atoms with E-state index in [1.54, 1.807) is 6.92 Å². The van der Waals surface area contributed by atoms with Crippen LogP contribution in [0.25, 0.3) is 0 Å². The largest absolute Gasteiger partial charge is 0.387 e. The van der Waals surface area contributed by atoms with Crippen molar-refractivity contribution in [1.82, 2.24) is 0 Å². The van der Waals surface area contributed by atoms with Crippen molar-refractivity contribution < 1.29 is 19.3 Å². The van der Waals surface area contributed by atoms with Gasteiger partial charge < -0.3 is 19.3 Å². The van der Waals surface area contributed by atoms with Gasteiger partial charge in [-0.3, -0.25) is 0 Å². The minimum atomic E-state index is -0.593. The molecule has 1 fully saturated rings. The molecular formula is C7H14O4. The van der Waals surface area contributed by atoms with Gasteiger partial charge in [0.2, 0.25) is 0 Å². The van der Waals surface area contributed by atoms with Gasteiger partial charge >= 0.3 is 0 Å². The average Bonchev–Trinajstić information content (AvgIpc) is 2.28. The van der Waals surface area contributed by atoms with E-state index in [1.165, 1.54) is 14.2 Å². The second kappa shape index (κ2) is 3.49. The lowest BCUT2D eigenvalue weighted by molar-refractivity contribution is -0.153. The van der Waals surface area contributed by atoms with Gasteiger partial charge in [0, 0.05) is 14.2 Å². The van der Waals surface area contributed by atoms with Crippen molar-refractivity contribution in [1.29, 1.82) is 0 Å². The van der Waals surface area contributed by atoms with Crippen molar-refractivity contribution in [2.45, 2.75) is 31.5 Å². The summed E-state index contributed by atoms with van der Waals surface area (Å²) in [7, 11) is 3.06. The molecular weight excluding hydrogens is 148 g/mol. The number of rotatable bonds is 2. The monoisotopic (exact) mass is 162 g/mol. The van der Waals surface area contributed by atoms with Crippen LogP contribution in [-0.4, -0.2) is 43.9 Å². The van der Waals surface area contributed by atoms with E-state index in [2.05, 4.69) is 0 Å². The van der Waals surface area contributed by atoms with Crippen molar-refractivity contribution in [3.63, 3.8) is 0 Å². The van der Waals surface area contributed by atoms with Gasteiger partial charge in [-0.15, -0.1) is 0 Å². The molecule has 0 aromatic carbocycles. The summed E-state index contributed by atoms with van der Waals surface area (Å²) in [5, 5.41) is 9.43. The highest BCUT2D eigenvalue weighted by Crippen LogP contribution is 2.23. The summed E-state index contributed by atoms with van der Waals surface area (Å²) in [6.07, 6.45) is -1.62. The lowest BCUT2D eigenvalue weighted by Gasteiger charge is -2.16. The van der Waals surface area contributed by atoms with Crippen LogP contribution in [-0.2, 0) is 14.2 Å². The van der Waals surface area contributed by atoms with Gasteiger partial charge in [0.05, 0.1) is 6.10 Å². The number of aliphatic hydroxyl groups is 1. The molecule has 66 valence electrons. The molecule has 1 aliphatic rings. The zero-order valence-corrected chi connectivity index (χ0v) is 6.98. The molecule has 4 atom stereocenters. The SMILES string of the molecule is COC1[C@@H](OC)O[C@@H](C)[C@H]1O. The van der Waals surface area contributed by atoms with Crippen molar-refractivity contribution >= 4 is 0 Å². The molecule has 1 rings (SSSR count). The Morgan fingerprint density at radius 3 is 2.27 bits per heavy atom. The first kappa shape index (κ1) is 8.93. The summed E-state index contributed by atoms with van der Waals surface area (Å²) in [4.78, 5) is 0. The first-order valence-corrected chi connectivity index (χ1v) is 3.59. The second-order valence-electron chi connectivity index (χ2n) is 2.64. The van der Waals surface area contributed by atoms with Crippen LogP contribution in [0.3, 0.4) is 0 Å². The van der Waals surface area contributed by atoms with Crippen LogP contribution >= 0.6 is 0 Å². The van der Waals surface area contributed by atoms with Crippen molar-refractivity contribution in [3.05, 3.63) is 0 Å². The summed E-state index contributed by atoms with van der Waals surface area (Å²) in [6.45, 7) is 1.79. The number of ether oxygens (including phenoxy) is 3. The Hall–Kier alpha value is -0.160. The lowest BCUT2D eigenvalue weighted by Crippen LogP contribution is -2.34. The Kier molecular flexibility index (Phi) is 2.84. The van der Waals surface area contributed by atoms with E-state index in [-0.39, 0.29) is 12.2 Å². The number of hydrogen-bond acceptors (Lipinski definition) is 4. The first-order valence-electron chi connectivity index (χ1n) is 3.59. The van der Waals surface area contributed by atoms with Crippen molar-refractivity contribution in [2.75, 3.05) is 14.2 Å². The van der Waals surface area contributed by atoms with Gasteiger partial charge in [0.15, 0.2) is 6.29 Å². The van der Waals surface area contributed by atoms with Crippen molar-refractivity contribution in [3.8, 4) is 0 Å². The summed E-state index contributed by atoms with van der Waals surface area (Å²) in [6, 6.07) is 0. The van der Waals surface area contributed by atoms with Crippen molar-refractivity contribution in [2.24, 2.45) is 0 Å². The third kappa shape index (κ3) is 1.54. The Labute approximate surface area is 66.1 Å². The molecule has 0 saturated carbocycles. The van der Waals surface area contributed by atoms with Gasteiger partial charge in [-0.2, -0.15) is 0 Å². The summed E-state index contributed by atoms with van der Waals surface area (Å²) >= 11 is 0. The molecule has 0 amide bonds. The molecule has 4 nitrogen and oxygen atoms in total. The van der Waals surface area contributed by atoms with Crippen LogP contribution in [0.1, 0.15) is 6.92 Å². The van der Waals surface area contributed by atoms with E-state index in [4.69, 9.17) is 14.2 Å². The Bertz CT molecular complexity index is 128. The van der Waals surface area contributed by atoms with E-state index in [1.807, 2.05) is 0 Å². The third-order valence-corrected chi connectivity index (χ3v) is 1.94. The molecule has 1 aliphatic heterocycles. The van der Waals surface area contributed by atoms with Crippen LogP contribution in [0.5, 0.6) is 0 Å². The molecule has 0 spiro atoms. The standard InChI is InChI=1S/C7H14O4/c1-4-5(8)6(9-2)7(10-3)11-4/h4-8H,1-3H3/t4-,5+,6?,7-/m0/s1. The lowest BCUT2D eigenvalue weighted by atomic mass is 10.1. The fourth-order valence-electron chi connectivity index (χ4n) is 1.24. The van der Waals surface area contributed by atoms with Gasteiger partial charge in [0.25, 0.3) is 0 Å². The molecule has 1 saturated heterocycles. The zero-order valence-electron chi connectivity index (χ0n) is 6.98. The fraction of sp³-hybridized carbons (Fsp3) is 1.00. The predicted octanol–water partition coefficient (Wildman–Crippen LogP) is -0.247. The molecule has 0 aromatic rings. The van der Waals surface area contributed by atoms with E-state index >= 15 is 0 Å². The van der Waals surface area contributed by atoms with Gasteiger partial charge in [0.1, 0.15) is 12.2 Å². The van der Waals surface area contributed by atoms with Crippen LogP contribution in [0.4, 0.5) is 0 Å². The maximum absolute atomic E-state index is 9.43. The van der Waals surface area contributed by atoms with Gasteiger partial charge in [-0.05, 0) is 6.92 Å². The molecule has 11 heavy (non-hydrogen) atoms. The number of hydrogen-bond donors (Lipinski definition) is 1. The van der Waals surface area contributed by atoms with Crippen LogP contribution in [0, 0.1) is 0 Å². The minimum absolute atomic E-state index is 0.218. The Morgan fingerprint density at radius 1 is 1.27 bits per heavy atom. The maximum atomic E-state index is 9.43. The minimum Gasteiger partial charge on any atom is -0.387 e. The Morgan fingerprint density at radius 2 is 1.91 bits per heavy atom. The molecule has 1 unspecified atom stereocenters. The quantitative estimate of drug-likeness (QED) is 0.608. The van der Waals surface area contributed by atoms with Crippen LogP contribution < -0.4 is 0 Å². The molecule has 1 N–H and O–H groups in total. The highest BCUT2D eigenvalue weighted by atomic mass is 16.7. The molecule has 0 aliphatic carbocycles. The highest BCUT2D eigenvalue weighted by Gasteiger charge is 2.41. The third-order valence-electron chi connectivity index (χ3n) is 1.94. The van der Waals surface area contributed by atoms with E-state index in [0.29, 0.717) is 0 Å². The normalized spacial score (nSPS) is 44.7. The van der Waals surface area contributed by atoms with Gasteiger partial charge in [-0.25, -0.2) is 0 Å². The molecule has 0 aromatic heterocycles. The molecule has 0 bridgehead atoms. The maximum Gasteiger partial charge on any atom is 0.186 e. The molecule has 0 radical (unpaired) electrons. The summed E-state index contributed by atoms with van der Waals surface area (Å²) < 4.78 is 15.2. The molecule has 4 heteroatoms. The van der Waals surface area contributed by atoms with Gasteiger partial charge in [-0.1, -0.05) is 0 Å². The predicted molar refractivity (Wildman–Crippen MR) is 38.1 cm³/mol. The Balaban J connectivity index is 2.57. The topological polar surface area (TPSA) is 47.9 Å². The highest BCUT2D eigenvalue weighted by molar-refractivity contribution is 4.84. The number of aliphatic hydroxyl groups excluding tert-OH is 1. The molecule has 1 heterocycles. The zero-order chi connectivity index (χ0) is 8.43. The smallest absolute Gasteiger partial charge is 0.186 e. The number of methoxy groups -OCH3 is 2. The summed E-state index contributed by atoms with van der Waals surface area (Å²) in [5.74, 6) is 0. The van der Waals surface area contributed by atoms with E-state index < -0.39 is 12.4 Å². The first-order chi connectivity index (χ1) is 5.20. The average molecular weight is 162 g/mol. The van der Waals surface area contributed by atoms with Crippen LogP contribution in [0.15, 0.2) is 0 Å².